The van der Waals surface area contributed by atoms with Crippen LogP contribution in [0.15, 0.2) is 41.7 Å². The number of pyridine rings is 1. The minimum absolute atomic E-state index is 0.0799. The Morgan fingerprint density at radius 3 is 2.52 bits per heavy atom. The average molecular weight is 309 g/mol. The molecule has 114 valence electrons. The minimum Gasteiger partial charge on any atom is -0.390 e. The lowest BCUT2D eigenvalue weighted by Gasteiger charge is -2.10. The van der Waals surface area contributed by atoms with Gasteiger partial charge < -0.3 is 9.67 Å². The van der Waals surface area contributed by atoms with Gasteiger partial charge in [-0.2, -0.15) is 0 Å². The van der Waals surface area contributed by atoms with Crippen LogP contribution in [0.1, 0.15) is 31.1 Å². The van der Waals surface area contributed by atoms with Gasteiger partial charge in [0.2, 0.25) is 10.0 Å². The topological polar surface area (TPSA) is 84.2 Å². The largest absolute Gasteiger partial charge is 0.390 e. The molecular formula is C14H19N3O3S. The number of hydrogen-bond acceptors (Lipinski definition) is 4. The summed E-state index contributed by atoms with van der Waals surface area (Å²) in [6.07, 6.45) is 4.77. The van der Waals surface area contributed by atoms with Gasteiger partial charge in [0.25, 0.3) is 0 Å². The molecule has 2 aromatic rings. The van der Waals surface area contributed by atoms with Gasteiger partial charge in [-0.3, -0.25) is 4.98 Å². The zero-order valence-corrected chi connectivity index (χ0v) is 12.8. The summed E-state index contributed by atoms with van der Waals surface area (Å²) in [7, 11) is -3.61. The van der Waals surface area contributed by atoms with Gasteiger partial charge in [0.15, 0.2) is 0 Å². The number of aliphatic hydroxyl groups excluding tert-OH is 1. The van der Waals surface area contributed by atoms with E-state index in [1.807, 2.05) is 13.8 Å². The smallest absolute Gasteiger partial charge is 0.242 e. The molecule has 0 aliphatic rings. The standard InChI is InChI=1S/C14H19N3O3S/c1-11(2)17-9-14(7-13(17)10-18)21(19,20)16-8-12-3-5-15-6-4-12/h3-7,9,11,16,18H,8,10H2,1-2H3. The summed E-state index contributed by atoms with van der Waals surface area (Å²) in [6, 6.07) is 5.08. The van der Waals surface area contributed by atoms with Gasteiger partial charge >= 0.3 is 0 Å². The summed E-state index contributed by atoms with van der Waals surface area (Å²) in [5.41, 5.74) is 1.41. The van der Waals surface area contributed by atoms with E-state index in [1.165, 1.54) is 6.07 Å². The summed E-state index contributed by atoms with van der Waals surface area (Å²) < 4.78 is 28.9. The zero-order valence-electron chi connectivity index (χ0n) is 12.0. The van der Waals surface area contributed by atoms with E-state index < -0.39 is 10.0 Å². The maximum atomic E-state index is 12.3. The van der Waals surface area contributed by atoms with E-state index in [9.17, 15) is 13.5 Å². The molecular weight excluding hydrogens is 290 g/mol. The van der Waals surface area contributed by atoms with Crippen LogP contribution in [-0.2, 0) is 23.2 Å². The van der Waals surface area contributed by atoms with Crippen LogP contribution in [0.4, 0.5) is 0 Å². The molecule has 0 aliphatic carbocycles. The number of nitrogens with one attached hydrogen (secondary N) is 1. The molecule has 0 radical (unpaired) electrons. The molecule has 0 atom stereocenters. The van der Waals surface area contributed by atoms with E-state index in [0.717, 1.165) is 5.56 Å². The lowest BCUT2D eigenvalue weighted by molar-refractivity contribution is 0.268. The maximum Gasteiger partial charge on any atom is 0.242 e. The number of nitrogens with zero attached hydrogens (tertiary/aromatic N) is 2. The lowest BCUT2D eigenvalue weighted by Crippen LogP contribution is -2.22. The Balaban J connectivity index is 2.20. The van der Waals surface area contributed by atoms with Crippen molar-refractivity contribution in [3.8, 4) is 0 Å². The first-order chi connectivity index (χ1) is 9.94. The second kappa shape index (κ2) is 6.38. The Bertz CT molecular complexity index is 694. The van der Waals surface area contributed by atoms with Crippen molar-refractivity contribution in [2.45, 2.75) is 37.9 Å². The third-order valence-electron chi connectivity index (χ3n) is 3.15. The zero-order chi connectivity index (χ0) is 15.5. The predicted molar refractivity (Wildman–Crippen MR) is 79.0 cm³/mol. The third kappa shape index (κ3) is 3.69. The molecule has 0 aliphatic heterocycles. The van der Waals surface area contributed by atoms with Crippen molar-refractivity contribution in [1.82, 2.24) is 14.3 Å². The molecule has 0 saturated carbocycles. The Morgan fingerprint density at radius 1 is 1.33 bits per heavy atom. The van der Waals surface area contributed by atoms with Gasteiger partial charge in [-0.15, -0.1) is 0 Å². The SMILES string of the molecule is CC(C)n1cc(S(=O)(=O)NCc2ccncc2)cc1CO. The van der Waals surface area contributed by atoms with Crippen molar-refractivity contribution in [2.75, 3.05) is 0 Å². The number of aliphatic hydroxyl groups is 1. The van der Waals surface area contributed by atoms with E-state index in [4.69, 9.17) is 0 Å². The monoisotopic (exact) mass is 309 g/mol. The van der Waals surface area contributed by atoms with Gasteiger partial charge in [0, 0.05) is 36.9 Å². The number of rotatable bonds is 6. The highest BCUT2D eigenvalue weighted by Gasteiger charge is 2.18. The molecule has 0 amide bonds. The molecule has 2 rings (SSSR count). The second-order valence-corrected chi connectivity index (χ2v) is 6.77. The van der Waals surface area contributed by atoms with Crippen LogP contribution in [0.25, 0.3) is 0 Å². The molecule has 0 aromatic carbocycles. The first-order valence-corrected chi connectivity index (χ1v) is 8.12. The van der Waals surface area contributed by atoms with Crippen LogP contribution < -0.4 is 4.72 Å². The number of sulfonamides is 1. The van der Waals surface area contributed by atoms with E-state index in [1.54, 1.807) is 35.3 Å². The summed E-state index contributed by atoms with van der Waals surface area (Å²) >= 11 is 0. The maximum absolute atomic E-state index is 12.3. The number of aromatic nitrogens is 2. The lowest BCUT2D eigenvalue weighted by atomic mass is 10.3. The van der Waals surface area contributed by atoms with Gasteiger partial charge in [-0.1, -0.05) is 0 Å². The van der Waals surface area contributed by atoms with Crippen molar-refractivity contribution in [2.24, 2.45) is 0 Å². The molecule has 7 heteroatoms. The highest BCUT2D eigenvalue weighted by atomic mass is 32.2. The fourth-order valence-corrected chi connectivity index (χ4v) is 3.08. The summed E-state index contributed by atoms with van der Waals surface area (Å²) in [6.45, 7) is 3.87. The Hall–Kier alpha value is -1.70. The van der Waals surface area contributed by atoms with E-state index in [0.29, 0.717) is 5.69 Å². The van der Waals surface area contributed by atoms with Crippen molar-refractivity contribution in [3.05, 3.63) is 48.0 Å². The van der Waals surface area contributed by atoms with Crippen LogP contribution in [-0.4, -0.2) is 23.1 Å². The molecule has 2 N–H and O–H groups in total. The van der Waals surface area contributed by atoms with Crippen molar-refractivity contribution in [3.63, 3.8) is 0 Å². The first kappa shape index (κ1) is 15.7. The van der Waals surface area contributed by atoms with Crippen LogP contribution in [0.5, 0.6) is 0 Å². The summed E-state index contributed by atoms with van der Waals surface area (Å²) in [4.78, 5) is 4.05. The molecule has 21 heavy (non-hydrogen) atoms. The van der Waals surface area contributed by atoms with Crippen LogP contribution in [0.3, 0.4) is 0 Å². The molecule has 0 bridgehead atoms. The Labute approximate surface area is 124 Å². The predicted octanol–water partition coefficient (Wildman–Crippen LogP) is 1.43. The van der Waals surface area contributed by atoms with Gasteiger partial charge in [0.05, 0.1) is 11.5 Å². The van der Waals surface area contributed by atoms with Gasteiger partial charge in [-0.05, 0) is 37.6 Å². The highest BCUT2D eigenvalue weighted by molar-refractivity contribution is 7.89. The molecule has 6 nitrogen and oxygen atoms in total. The van der Waals surface area contributed by atoms with Gasteiger partial charge in [-0.25, -0.2) is 13.1 Å². The minimum atomic E-state index is -3.61. The normalized spacial score (nSPS) is 12.0. The Morgan fingerprint density at radius 2 is 2.00 bits per heavy atom. The van der Waals surface area contributed by atoms with Crippen LogP contribution in [0.2, 0.25) is 0 Å². The second-order valence-electron chi connectivity index (χ2n) is 5.01. The van der Waals surface area contributed by atoms with Crippen LogP contribution >= 0.6 is 0 Å². The van der Waals surface area contributed by atoms with Crippen molar-refractivity contribution >= 4 is 10.0 Å². The highest BCUT2D eigenvalue weighted by Crippen LogP contribution is 2.19. The first-order valence-electron chi connectivity index (χ1n) is 6.64. The van der Waals surface area contributed by atoms with Crippen molar-refractivity contribution < 1.29 is 13.5 Å². The molecule has 0 unspecified atom stereocenters. The fourth-order valence-electron chi connectivity index (χ4n) is 2.01. The average Bonchev–Trinajstić information content (AvgIpc) is 2.92. The van der Waals surface area contributed by atoms with E-state index >= 15 is 0 Å². The molecule has 0 spiro atoms. The Kier molecular flexibility index (Phi) is 4.76. The number of hydrogen-bond donors (Lipinski definition) is 2. The van der Waals surface area contributed by atoms with Gasteiger partial charge in [0.1, 0.15) is 0 Å². The van der Waals surface area contributed by atoms with E-state index in [2.05, 4.69) is 9.71 Å². The quantitative estimate of drug-likeness (QED) is 0.845. The van der Waals surface area contributed by atoms with Crippen molar-refractivity contribution in [1.29, 1.82) is 0 Å². The van der Waals surface area contributed by atoms with Crippen LogP contribution in [0, 0.1) is 0 Å². The molecule has 2 aromatic heterocycles. The third-order valence-corrected chi connectivity index (χ3v) is 4.52. The van der Waals surface area contributed by atoms with E-state index in [-0.39, 0.29) is 24.1 Å². The molecule has 0 saturated heterocycles. The molecule has 2 heterocycles. The summed E-state index contributed by atoms with van der Waals surface area (Å²) in [5, 5.41) is 9.31. The summed E-state index contributed by atoms with van der Waals surface area (Å²) in [5.74, 6) is 0. The molecule has 0 fully saturated rings. The fraction of sp³-hybridized carbons (Fsp3) is 0.357.